The van der Waals surface area contributed by atoms with Gasteiger partial charge in [0.25, 0.3) is 11.8 Å². The first-order valence-electron chi connectivity index (χ1n) is 13.8. The Balaban J connectivity index is 1.30. The molecule has 4 aromatic rings. The highest BCUT2D eigenvalue weighted by Gasteiger charge is 2.39. The van der Waals surface area contributed by atoms with Crippen LogP contribution in [0.15, 0.2) is 60.7 Å². The Morgan fingerprint density at radius 1 is 0.930 bits per heavy atom. The summed E-state index contributed by atoms with van der Waals surface area (Å²) in [6.45, 7) is 0.567. The summed E-state index contributed by atoms with van der Waals surface area (Å²) in [5, 5.41) is 3.44. The van der Waals surface area contributed by atoms with Gasteiger partial charge in [0.15, 0.2) is 11.5 Å². The zero-order chi connectivity index (χ0) is 30.2. The summed E-state index contributed by atoms with van der Waals surface area (Å²) in [5.74, 6) is -0.853. The van der Waals surface area contributed by atoms with Gasteiger partial charge in [-0.15, -0.1) is 0 Å². The zero-order valence-electron chi connectivity index (χ0n) is 23.9. The molecule has 11 nitrogen and oxygen atoms in total. The van der Waals surface area contributed by atoms with E-state index in [1.54, 1.807) is 36.4 Å². The average molecular weight is 583 g/mol. The Morgan fingerprint density at radius 2 is 1.58 bits per heavy atom. The van der Waals surface area contributed by atoms with Crippen molar-refractivity contribution in [1.82, 2.24) is 14.8 Å². The van der Waals surface area contributed by atoms with E-state index in [0.29, 0.717) is 46.5 Å². The van der Waals surface area contributed by atoms with Gasteiger partial charge in [-0.1, -0.05) is 36.4 Å². The van der Waals surface area contributed by atoms with Crippen LogP contribution in [0.2, 0.25) is 0 Å². The first-order chi connectivity index (χ1) is 20.8. The second-order valence-electron chi connectivity index (χ2n) is 10.4. The molecule has 3 amide bonds. The molecule has 3 heterocycles. The molecule has 6 rings (SSSR count). The lowest BCUT2D eigenvalue weighted by Crippen LogP contribution is -2.46. The number of anilines is 1. The summed E-state index contributed by atoms with van der Waals surface area (Å²) >= 11 is 0. The molecule has 3 aromatic carbocycles. The average Bonchev–Trinajstić information content (AvgIpc) is 3.50. The lowest BCUT2D eigenvalue weighted by molar-refractivity contribution is -0.118. The quantitative estimate of drug-likeness (QED) is 0.237. The number of hydrogen-bond acceptors (Lipinski definition) is 8. The van der Waals surface area contributed by atoms with Gasteiger partial charge in [0.2, 0.25) is 5.91 Å². The fraction of sp³-hybridized carbons (Fsp3) is 0.250. The second kappa shape index (κ2) is 11.3. The Bertz CT molecular complexity index is 1740. The second-order valence-corrected chi connectivity index (χ2v) is 10.4. The van der Waals surface area contributed by atoms with Crippen LogP contribution in [0.1, 0.15) is 48.4 Å². The van der Waals surface area contributed by atoms with Crippen LogP contribution in [0.3, 0.4) is 0 Å². The van der Waals surface area contributed by atoms with Crippen LogP contribution in [0.4, 0.5) is 5.69 Å². The Kier molecular flexibility index (Phi) is 7.32. The standard InChI is InChI=1S/C32H30N4O7/c1-41-25-14-22-23(15-26(25)42-2)33-29(32(40)43-3)28(22)34-27(37)17-35-13-12-18-8-4-5-9-19(18)24(35)16-36-30(38)20-10-6-7-11-21(20)31(36)39/h4-11,14-15,24,33H,12-13,16-17H2,1-3H3,(H,34,37)/t24-/m1/s1. The van der Waals surface area contributed by atoms with Crippen molar-refractivity contribution in [2.24, 2.45) is 0 Å². The van der Waals surface area contributed by atoms with Crippen LogP contribution in [-0.4, -0.2) is 79.4 Å². The first-order valence-corrected chi connectivity index (χ1v) is 13.8. The number of esters is 1. The third-order valence-electron chi connectivity index (χ3n) is 8.06. The predicted octanol–water partition coefficient (Wildman–Crippen LogP) is 3.81. The smallest absolute Gasteiger partial charge is 0.356 e. The molecule has 2 N–H and O–H groups in total. The lowest BCUT2D eigenvalue weighted by Gasteiger charge is -2.38. The Morgan fingerprint density at radius 3 is 2.26 bits per heavy atom. The molecule has 0 saturated carbocycles. The summed E-state index contributed by atoms with van der Waals surface area (Å²) in [6.07, 6.45) is 0.694. The maximum Gasteiger partial charge on any atom is 0.356 e. The van der Waals surface area contributed by atoms with E-state index in [2.05, 4.69) is 10.3 Å². The molecule has 0 radical (unpaired) electrons. The third-order valence-corrected chi connectivity index (χ3v) is 8.06. The summed E-state index contributed by atoms with van der Waals surface area (Å²) in [4.78, 5) is 59.0. The number of amides is 3. The van der Waals surface area contributed by atoms with Gasteiger partial charge in [0.05, 0.1) is 56.2 Å². The Labute approximate surface area is 247 Å². The van der Waals surface area contributed by atoms with Crippen molar-refractivity contribution >= 4 is 40.3 Å². The molecule has 11 heteroatoms. The number of methoxy groups -OCH3 is 3. The van der Waals surface area contributed by atoms with Crippen molar-refractivity contribution < 1.29 is 33.4 Å². The summed E-state index contributed by atoms with van der Waals surface area (Å²) in [5.41, 5.74) is 3.69. The van der Waals surface area contributed by atoms with E-state index in [1.165, 1.54) is 26.2 Å². The van der Waals surface area contributed by atoms with Crippen LogP contribution >= 0.6 is 0 Å². The molecule has 43 heavy (non-hydrogen) atoms. The number of benzene rings is 3. The number of hydrogen-bond donors (Lipinski definition) is 2. The number of fused-ring (bicyclic) bond motifs is 3. The van der Waals surface area contributed by atoms with Gasteiger partial charge in [0, 0.05) is 24.5 Å². The largest absolute Gasteiger partial charge is 0.493 e. The predicted molar refractivity (Wildman–Crippen MR) is 158 cm³/mol. The molecule has 1 atom stereocenters. The number of imide groups is 1. The number of rotatable bonds is 8. The van der Waals surface area contributed by atoms with Gasteiger partial charge < -0.3 is 24.5 Å². The highest BCUT2D eigenvalue weighted by atomic mass is 16.5. The van der Waals surface area contributed by atoms with Crippen molar-refractivity contribution in [3.05, 3.63) is 88.6 Å². The number of nitrogens with zero attached hydrogens (tertiary/aromatic N) is 2. The van der Waals surface area contributed by atoms with Crippen LogP contribution in [0.5, 0.6) is 11.5 Å². The van der Waals surface area contributed by atoms with Crippen molar-refractivity contribution in [2.45, 2.75) is 12.5 Å². The van der Waals surface area contributed by atoms with E-state index in [1.807, 2.05) is 29.2 Å². The van der Waals surface area contributed by atoms with Gasteiger partial charge in [-0.05, 0) is 35.7 Å². The molecule has 0 aliphatic carbocycles. The van der Waals surface area contributed by atoms with Crippen molar-refractivity contribution in [1.29, 1.82) is 0 Å². The maximum atomic E-state index is 13.6. The van der Waals surface area contributed by atoms with E-state index in [9.17, 15) is 19.2 Å². The summed E-state index contributed by atoms with van der Waals surface area (Å²) in [6, 6.07) is 17.6. The molecule has 0 bridgehead atoms. The third kappa shape index (κ3) is 4.87. The molecule has 0 unspecified atom stereocenters. The highest BCUT2D eigenvalue weighted by molar-refractivity contribution is 6.21. The van der Waals surface area contributed by atoms with Crippen LogP contribution < -0.4 is 14.8 Å². The lowest BCUT2D eigenvalue weighted by atomic mass is 9.92. The minimum atomic E-state index is -0.653. The van der Waals surface area contributed by atoms with Gasteiger partial charge in [-0.2, -0.15) is 0 Å². The Hall–Kier alpha value is -5.16. The molecule has 2 aliphatic rings. The normalized spacial score (nSPS) is 16.2. The zero-order valence-corrected chi connectivity index (χ0v) is 23.9. The summed E-state index contributed by atoms with van der Waals surface area (Å²) in [7, 11) is 4.26. The minimum Gasteiger partial charge on any atom is -0.493 e. The molecule has 220 valence electrons. The maximum absolute atomic E-state index is 13.6. The van der Waals surface area contributed by atoms with Crippen molar-refractivity contribution in [3.8, 4) is 11.5 Å². The molecular formula is C32H30N4O7. The highest BCUT2D eigenvalue weighted by Crippen LogP contribution is 2.38. The molecule has 1 aromatic heterocycles. The summed E-state index contributed by atoms with van der Waals surface area (Å²) < 4.78 is 15.8. The van der Waals surface area contributed by atoms with E-state index in [0.717, 1.165) is 11.1 Å². The number of nitrogens with one attached hydrogen (secondary N) is 2. The monoisotopic (exact) mass is 582 g/mol. The minimum absolute atomic E-state index is 0.0528. The fourth-order valence-electron chi connectivity index (χ4n) is 5.95. The number of aromatic nitrogens is 1. The van der Waals surface area contributed by atoms with Crippen molar-refractivity contribution in [3.63, 3.8) is 0 Å². The van der Waals surface area contributed by atoms with Crippen LogP contribution in [0, 0.1) is 0 Å². The van der Waals surface area contributed by atoms with E-state index < -0.39 is 12.0 Å². The van der Waals surface area contributed by atoms with Crippen LogP contribution in [-0.2, 0) is 16.0 Å². The van der Waals surface area contributed by atoms with E-state index in [4.69, 9.17) is 14.2 Å². The SMILES string of the molecule is COC(=O)c1[nH]c2cc(OC)c(OC)cc2c1NC(=O)CN1CCc2ccccc2[C@H]1CN1C(=O)c2ccccc2C1=O. The number of aromatic amines is 1. The molecule has 0 fully saturated rings. The number of carbonyl (C=O) groups is 4. The first kappa shape index (κ1) is 28.0. The fourth-order valence-corrected chi connectivity index (χ4v) is 5.95. The van der Waals surface area contributed by atoms with Gasteiger partial charge in [-0.3, -0.25) is 24.2 Å². The number of ether oxygens (including phenoxy) is 3. The number of carbonyl (C=O) groups excluding carboxylic acids is 4. The van der Waals surface area contributed by atoms with Gasteiger partial charge in [0.1, 0.15) is 5.69 Å². The van der Waals surface area contributed by atoms with Crippen molar-refractivity contribution in [2.75, 3.05) is 46.3 Å². The molecule has 0 saturated heterocycles. The van der Waals surface area contributed by atoms with Crippen LogP contribution in [0.25, 0.3) is 10.9 Å². The van der Waals surface area contributed by atoms with E-state index >= 15 is 0 Å². The molecule has 2 aliphatic heterocycles. The molecular weight excluding hydrogens is 552 g/mol. The van der Waals surface area contributed by atoms with Gasteiger partial charge in [-0.25, -0.2) is 4.79 Å². The number of H-pyrrole nitrogens is 1. The van der Waals surface area contributed by atoms with Gasteiger partial charge >= 0.3 is 5.97 Å². The molecule has 0 spiro atoms. The van der Waals surface area contributed by atoms with E-state index in [-0.39, 0.29) is 42.2 Å². The topological polar surface area (TPSA) is 130 Å².